The van der Waals surface area contributed by atoms with Gasteiger partial charge >= 0.3 is 6.09 Å². The van der Waals surface area contributed by atoms with Gasteiger partial charge in [0.15, 0.2) is 0 Å². The molecule has 7 heteroatoms. The lowest BCUT2D eigenvalue weighted by Crippen LogP contribution is -2.53. The van der Waals surface area contributed by atoms with E-state index in [1.54, 1.807) is 0 Å². The summed E-state index contributed by atoms with van der Waals surface area (Å²) >= 11 is 0. The van der Waals surface area contributed by atoms with E-state index in [4.69, 9.17) is 4.74 Å². The highest BCUT2D eigenvalue weighted by molar-refractivity contribution is 5.84. The van der Waals surface area contributed by atoms with Crippen LogP contribution in [0.25, 0.3) is 0 Å². The molecule has 2 aromatic rings. The van der Waals surface area contributed by atoms with Crippen molar-refractivity contribution in [2.24, 2.45) is 0 Å². The molecule has 7 nitrogen and oxygen atoms in total. The topological polar surface area (TPSA) is 96.5 Å². The Morgan fingerprint density at radius 3 is 2.19 bits per heavy atom. The zero-order chi connectivity index (χ0) is 18.6. The van der Waals surface area contributed by atoms with Crippen LogP contribution in [0.2, 0.25) is 0 Å². The molecule has 0 radical (unpaired) electrons. The predicted octanol–water partition coefficient (Wildman–Crippen LogP) is 1.34. The average Bonchev–Trinajstić information content (AvgIpc) is 2.69. The first-order valence-electron chi connectivity index (χ1n) is 8.16. The number of nitrogens with one attached hydrogen (secondary N) is 3. The molecule has 0 unspecified atom stereocenters. The maximum absolute atomic E-state index is 12.2. The Bertz CT molecular complexity index is 707. The minimum Gasteiger partial charge on any atom is -0.444 e. The zero-order valence-corrected chi connectivity index (χ0v) is 14.2. The Balaban J connectivity index is 1.87. The molecule has 0 fully saturated rings. The molecule has 136 valence electrons. The normalized spacial score (nSPS) is 11.2. The van der Waals surface area contributed by atoms with Gasteiger partial charge in [0, 0.05) is 0 Å². The molecule has 0 saturated heterocycles. The number of hydrogen-bond acceptors (Lipinski definition) is 5. The largest absolute Gasteiger partial charge is 0.444 e. The monoisotopic (exact) mass is 355 g/mol. The van der Waals surface area contributed by atoms with Gasteiger partial charge in [-0.3, -0.25) is 10.2 Å². The summed E-state index contributed by atoms with van der Waals surface area (Å²) in [5.74, 6) is -0.399. The minimum atomic E-state index is -0.748. The van der Waals surface area contributed by atoms with Gasteiger partial charge in [0.2, 0.25) is 5.91 Å². The molecule has 0 aromatic heterocycles. The number of aldehydes is 1. The van der Waals surface area contributed by atoms with Crippen LogP contribution in [0.3, 0.4) is 0 Å². The molecule has 0 heterocycles. The summed E-state index contributed by atoms with van der Waals surface area (Å²) in [7, 11) is 0. The van der Waals surface area contributed by atoms with Crippen LogP contribution in [0.5, 0.6) is 0 Å². The minimum absolute atomic E-state index is 0.0930. The molecule has 3 N–H and O–H groups in total. The Labute approximate surface area is 151 Å². The SMILES string of the molecule is O=CCNC(=O)[C@H](Cc1ccccc1)NNC(=O)OCc1ccccc1. The summed E-state index contributed by atoms with van der Waals surface area (Å²) in [6, 6.07) is 17.8. The van der Waals surface area contributed by atoms with Crippen LogP contribution in [-0.4, -0.2) is 30.9 Å². The lowest BCUT2D eigenvalue weighted by atomic mass is 10.1. The summed E-state index contributed by atoms with van der Waals surface area (Å²) in [6.45, 7) is 0.0271. The van der Waals surface area contributed by atoms with E-state index in [9.17, 15) is 14.4 Å². The highest BCUT2D eigenvalue weighted by Gasteiger charge is 2.19. The maximum Gasteiger partial charge on any atom is 0.421 e. The standard InChI is InChI=1S/C19H21N3O4/c23-12-11-20-18(24)17(13-15-7-3-1-4-8-15)21-22-19(25)26-14-16-9-5-2-6-10-16/h1-10,12,17,21H,11,13-14H2,(H,20,24)(H,22,25)/t17-/m0/s1. The van der Waals surface area contributed by atoms with E-state index in [1.807, 2.05) is 60.7 Å². The fourth-order valence-corrected chi connectivity index (χ4v) is 2.23. The molecule has 0 bridgehead atoms. The van der Waals surface area contributed by atoms with Crippen LogP contribution in [0.1, 0.15) is 11.1 Å². The van der Waals surface area contributed by atoms with Crippen molar-refractivity contribution in [1.82, 2.24) is 16.2 Å². The lowest BCUT2D eigenvalue weighted by molar-refractivity contribution is -0.124. The van der Waals surface area contributed by atoms with Gasteiger partial charge in [0.25, 0.3) is 0 Å². The number of carbonyl (C=O) groups is 3. The molecule has 0 aliphatic carbocycles. The first kappa shape index (κ1) is 19.1. The first-order valence-corrected chi connectivity index (χ1v) is 8.16. The van der Waals surface area contributed by atoms with Gasteiger partial charge in [-0.25, -0.2) is 10.2 Å². The van der Waals surface area contributed by atoms with Crippen molar-refractivity contribution in [3.8, 4) is 0 Å². The van der Waals surface area contributed by atoms with Crippen molar-refractivity contribution in [3.63, 3.8) is 0 Å². The molecule has 1 atom stereocenters. The van der Waals surface area contributed by atoms with E-state index in [0.29, 0.717) is 12.7 Å². The molecule has 0 spiro atoms. The molecule has 2 amide bonds. The summed E-state index contributed by atoms with van der Waals surface area (Å²) in [4.78, 5) is 34.5. The van der Waals surface area contributed by atoms with E-state index in [2.05, 4.69) is 16.2 Å². The Morgan fingerprint density at radius 2 is 1.58 bits per heavy atom. The average molecular weight is 355 g/mol. The van der Waals surface area contributed by atoms with Gasteiger partial charge < -0.3 is 14.8 Å². The molecule has 26 heavy (non-hydrogen) atoms. The number of ether oxygens (including phenoxy) is 1. The second kappa shape index (κ2) is 10.6. The van der Waals surface area contributed by atoms with E-state index < -0.39 is 18.0 Å². The number of carbonyl (C=O) groups excluding carboxylic acids is 3. The first-order chi connectivity index (χ1) is 12.7. The third kappa shape index (κ3) is 6.74. The Kier molecular flexibility index (Phi) is 7.82. The Morgan fingerprint density at radius 1 is 0.962 bits per heavy atom. The lowest BCUT2D eigenvalue weighted by Gasteiger charge is -2.18. The van der Waals surface area contributed by atoms with E-state index in [-0.39, 0.29) is 13.2 Å². The molecule has 0 aliphatic rings. The predicted molar refractivity (Wildman–Crippen MR) is 95.9 cm³/mol. The summed E-state index contributed by atoms with van der Waals surface area (Å²) in [5, 5.41) is 2.47. The summed E-state index contributed by atoms with van der Waals surface area (Å²) in [5.41, 5.74) is 6.79. The molecular formula is C19H21N3O4. The van der Waals surface area contributed by atoms with Crippen LogP contribution in [-0.2, 0) is 27.4 Å². The second-order valence-electron chi connectivity index (χ2n) is 5.49. The number of rotatable bonds is 9. The van der Waals surface area contributed by atoms with E-state index in [0.717, 1.165) is 11.1 Å². The van der Waals surface area contributed by atoms with Crippen molar-refractivity contribution in [1.29, 1.82) is 0 Å². The van der Waals surface area contributed by atoms with Crippen LogP contribution >= 0.6 is 0 Å². The van der Waals surface area contributed by atoms with Crippen LogP contribution in [0.4, 0.5) is 4.79 Å². The molecule has 0 aliphatic heterocycles. The molecule has 2 rings (SSSR count). The third-order valence-electron chi connectivity index (χ3n) is 3.52. The van der Waals surface area contributed by atoms with Crippen LogP contribution in [0.15, 0.2) is 60.7 Å². The Hall–Kier alpha value is -3.19. The second-order valence-corrected chi connectivity index (χ2v) is 5.49. The fourth-order valence-electron chi connectivity index (χ4n) is 2.23. The van der Waals surface area contributed by atoms with Crippen molar-refractivity contribution < 1.29 is 19.1 Å². The van der Waals surface area contributed by atoms with Gasteiger partial charge in [-0.2, -0.15) is 0 Å². The van der Waals surface area contributed by atoms with Crippen molar-refractivity contribution >= 4 is 18.3 Å². The van der Waals surface area contributed by atoms with Crippen LogP contribution < -0.4 is 16.2 Å². The number of hydrazine groups is 1. The van der Waals surface area contributed by atoms with Crippen molar-refractivity contribution in [2.45, 2.75) is 19.1 Å². The smallest absolute Gasteiger partial charge is 0.421 e. The third-order valence-corrected chi connectivity index (χ3v) is 3.52. The van der Waals surface area contributed by atoms with Gasteiger partial charge in [0.1, 0.15) is 18.9 Å². The highest BCUT2D eigenvalue weighted by atomic mass is 16.6. The van der Waals surface area contributed by atoms with Gasteiger partial charge in [-0.1, -0.05) is 60.7 Å². The molecule has 0 saturated carbocycles. The zero-order valence-electron chi connectivity index (χ0n) is 14.2. The fraction of sp³-hybridized carbons (Fsp3) is 0.211. The number of benzene rings is 2. The highest BCUT2D eigenvalue weighted by Crippen LogP contribution is 2.03. The summed E-state index contributed by atoms with van der Waals surface area (Å²) < 4.78 is 5.09. The van der Waals surface area contributed by atoms with E-state index >= 15 is 0 Å². The molecular weight excluding hydrogens is 334 g/mol. The number of amides is 2. The summed E-state index contributed by atoms with van der Waals surface area (Å²) in [6.07, 6.45) is 0.235. The van der Waals surface area contributed by atoms with Crippen molar-refractivity contribution in [3.05, 3.63) is 71.8 Å². The number of hydrogen-bond donors (Lipinski definition) is 3. The van der Waals surface area contributed by atoms with Crippen molar-refractivity contribution in [2.75, 3.05) is 6.54 Å². The van der Waals surface area contributed by atoms with E-state index in [1.165, 1.54) is 0 Å². The van der Waals surface area contributed by atoms with Gasteiger partial charge in [-0.05, 0) is 17.5 Å². The maximum atomic E-state index is 12.2. The van der Waals surface area contributed by atoms with Gasteiger partial charge in [-0.15, -0.1) is 0 Å². The van der Waals surface area contributed by atoms with Crippen LogP contribution in [0, 0.1) is 0 Å². The quantitative estimate of drug-likeness (QED) is 0.466. The van der Waals surface area contributed by atoms with Gasteiger partial charge in [0.05, 0.1) is 6.54 Å². The molecule has 2 aromatic carbocycles.